The lowest BCUT2D eigenvalue weighted by Gasteiger charge is -2.43. The van der Waals surface area contributed by atoms with Crippen LogP contribution in [0.3, 0.4) is 0 Å². The average molecular weight is 455 g/mol. The van der Waals surface area contributed by atoms with Crippen molar-refractivity contribution in [1.82, 2.24) is 0 Å². The molecular formula is C28H38O5. The summed E-state index contributed by atoms with van der Waals surface area (Å²) in [4.78, 5) is 12.3. The zero-order valence-electron chi connectivity index (χ0n) is 20.2. The molecule has 2 aromatic carbocycles. The summed E-state index contributed by atoms with van der Waals surface area (Å²) < 4.78 is 23.6. The highest BCUT2D eigenvalue weighted by atomic mass is 16.7. The van der Waals surface area contributed by atoms with Crippen molar-refractivity contribution >= 4 is 5.97 Å². The van der Waals surface area contributed by atoms with Crippen LogP contribution in [0.2, 0.25) is 0 Å². The van der Waals surface area contributed by atoms with E-state index in [4.69, 9.17) is 18.9 Å². The summed E-state index contributed by atoms with van der Waals surface area (Å²) in [6.45, 7) is 8.88. The number of ether oxygens (including phenoxy) is 4. The molecule has 5 unspecified atom stereocenters. The second-order valence-corrected chi connectivity index (χ2v) is 9.05. The van der Waals surface area contributed by atoms with E-state index in [2.05, 4.69) is 32.9 Å². The fourth-order valence-corrected chi connectivity index (χ4v) is 4.13. The number of hydrogen-bond donors (Lipinski definition) is 0. The van der Waals surface area contributed by atoms with E-state index < -0.39 is 0 Å². The maximum atomic E-state index is 12.3. The number of esters is 1. The first kappa shape index (κ1) is 25.4. The summed E-state index contributed by atoms with van der Waals surface area (Å²) in [5, 5.41) is 0. The van der Waals surface area contributed by atoms with Crippen LogP contribution < -0.4 is 0 Å². The highest BCUT2D eigenvalue weighted by Gasteiger charge is 2.40. The van der Waals surface area contributed by atoms with Gasteiger partial charge in [0.1, 0.15) is 6.61 Å². The molecule has 1 aliphatic heterocycles. The van der Waals surface area contributed by atoms with Gasteiger partial charge >= 0.3 is 5.97 Å². The van der Waals surface area contributed by atoms with Gasteiger partial charge in [-0.15, -0.1) is 0 Å². The Kier molecular flexibility index (Phi) is 10.4. The average Bonchev–Trinajstić information content (AvgIpc) is 2.85. The molecule has 33 heavy (non-hydrogen) atoms. The molecule has 5 nitrogen and oxygen atoms in total. The van der Waals surface area contributed by atoms with Crippen molar-refractivity contribution in [3.8, 4) is 0 Å². The number of unbranched alkanes of at least 4 members (excludes halogenated alkanes) is 2. The van der Waals surface area contributed by atoms with Crippen molar-refractivity contribution in [3.05, 3.63) is 71.8 Å². The van der Waals surface area contributed by atoms with Gasteiger partial charge in [0, 0.05) is 19.1 Å². The molecule has 3 rings (SSSR count). The van der Waals surface area contributed by atoms with Gasteiger partial charge in [0.2, 0.25) is 0 Å². The highest BCUT2D eigenvalue weighted by Crippen LogP contribution is 2.35. The standard InChI is InChI=1S/C28H38O5/c1-21-22(2)26(20-32-27(29)25-15-9-5-10-16-25)33-28(23(21)3)31-18-12-6-11-17-30-19-24-13-7-4-8-14-24/h4-5,7-10,13-16,21-23,26,28H,6,11-12,17-20H2,1-3H3. The number of carbonyl (C=O) groups is 1. The van der Waals surface area contributed by atoms with Crippen LogP contribution in [-0.4, -0.2) is 38.2 Å². The van der Waals surface area contributed by atoms with Crippen molar-refractivity contribution in [2.75, 3.05) is 19.8 Å². The summed E-state index contributed by atoms with van der Waals surface area (Å²) in [6, 6.07) is 19.3. The predicted octanol–water partition coefficient (Wildman–Crippen LogP) is 5.88. The van der Waals surface area contributed by atoms with Crippen molar-refractivity contribution < 1.29 is 23.7 Å². The minimum atomic E-state index is -0.315. The first-order chi connectivity index (χ1) is 16.1. The van der Waals surface area contributed by atoms with Gasteiger partial charge in [0.25, 0.3) is 0 Å². The van der Waals surface area contributed by atoms with Crippen LogP contribution in [0, 0.1) is 17.8 Å². The fourth-order valence-electron chi connectivity index (χ4n) is 4.13. The molecule has 0 aromatic heterocycles. The van der Waals surface area contributed by atoms with Gasteiger partial charge < -0.3 is 18.9 Å². The summed E-state index contributed by atoms with van der Waals surface area (Å²) in [5.41, 5.74) is 1.76. The lowest BCUT2D eigenvalue weighted by Crippen LogP contribution is -2.48. The van der Waals surface area contributed by atoms with Crippen LogP contribution in [0.15, 0.2) is 60.7 Å². The molecule has 0 spiro atoms. The fraction of sp³-hybridized carbons (Fsp3) is 0.536. The summed E-state index contributed by atoms with van der Waals surface area (Å²) in [7, 11) is 0. The van der Waals surface area contributed by atoms with E-state index in [-0.39, 0.29) is 36.8 Å². The molecule has 5 atom stereocenters. The Labute approximate surface area is 198 Å². The second kappa shape index (κ2) is 13.5. The van der Waals surface area contributed by atoms with Crippen molar-refractivity contribution in [1.29, 1.82) is 0 Å². The molecule has 0 N–H and O–H groups in total. The molecule has 1 fully saturated rings. The SMILES string of the molecule is CC1C(COC(=O)c2ccccc2)OC(OCCCCCOCc2ccccc2)C(C)C1C. The van der Waals surface area contributed by atoms with E-state index in [9.17, 15) is 4.79 Å². The molecule has 1 aliphatic rings. The Morgan fingerprint density at radius 2 is 1.48 bits per heavy atom. The van der Waals surface area contributed by atoms with Crippen molar-refractivity contribution in [2.45, 2.75) is 59.0 Å². The molecule has 1 saturated heterocycles. The lowest BCUT2D eigenvalue weighted by atomic mass is 9.79. The highest BCUT2D eigenvalue weighted by molar-refractivity contribution is 5.89. The third-order valence-electron chi connectivity index (χ3n) is 6.70. The molecule has 0 saturated carbocycles. The third-order valence-corrected chi connectivity index (χ3v) is 6.70. The van der Waals surface area contributed by atoms with Gasteiger partial charge in [0.05, 0.1) is 18.3 Å². The van der Waals surface area contributed by atoms with E-state index in [0.29, 0.717) is 24.7 Å². The Hall–Kier alpha value is -2.21. The Morgan fingerprint density at radius 1 is 0.818 bits per heavy atom. The number of benzene rings is 2. The lowest BCUT2D eigenvalue weighted by molar-refractivity contribution is -0.254. The summed E-state index contributed by atoms with van der Waals surface area (Å²) in [6.07, 6.45) is 2.60. The molecular weight excluding hydrogens is 416 g/mol. The Bertz CT molecular complexity index is 810. The van der Waals surface area contributed by atoms with Crippen LogP contribution in [-0.2, 0) is 25.6 Å². The molecule has 180 valence electrons. The largest absolute Gasteiger partial charge is 0.459 e. The zero-order valence-corrected chi connectivity index (χ0v) is 20.2. The van der Waals surface area contributed by atoms with Crippen molar-refractivity contribution in [2.24, 2.45) is 17.8 Å². The maximum Gasteiger partial charge on any atom is 0.338 e. The predicted molar refractivity (Wildman–Crippen MR) is 129 cm³/mol. The Morgan fingerprint density at radius 3 is 2.21 bits per heavy atom. The van der Waals surface area contributed by atoms with Crippen molar-refractivity contribution in [3.63, 3.8) is 0 Å². The molecule has 0 radical (unpaired) electrons. The van der Waals surface area contributed by atoms with Gasteiger partial charge in [-0.3, -0.25) is 0 Å². The normalized spacial score (nSPS) is 25.0. The van der Waals surface area contributed by atoms with E-state index in [1.54, 1.807) is 12.1 Å². The monoisotopic (exact) mass is 454 g/mol. The van der Waals surface area contributed by atoms with Gasteiger partial charge in [-0.1, -0.05) is 69.3 Å². The first-order valence-electron chi connectivity index (χ1n) is 12.2. The topological polar surface area (TPSA) is 54.0 Å². The first-order valence-corrected chi connectivity index (χ1v) is 12.2. The minimum Gasteiger partial charge on any atom is -0.459 e. The number of rotatable bonds is 12. The van der Waals surface area contributed by atoms with E-state index >= 15 is 0 Å². The summed E-state index contributed by atoms with van der Waals surface area (Å²) >= 11 is 0. The van der Waals surface area contributed by atoms with E-state index in [1.165, 1.54) is 5.56 Å². The molecule has 5 heteroatoms. The Balaban J connectivity index is 1.33. The van der Waals surface area contributed by atoms with Crippen LogP contribution in [0.25, 0.3) is 0 Å². The van der Waals surface area contributed by atoms with E-state index in [0.717, 1.165) is 25.9 Å². The molecule has 1 heterocycles. The molecule has 0 amide bonds. The quantitative estimate of drug-likeness (QED) is 0.296. The summed E-state index contributed by atoms with van der Waals surface area (Å²) in [5.74, 6) is 0.667. The smallest absolute Gasteiger partial charge is 0.338 e. The molecule has 0 aliphatic carbocycles. The number of hydrogen-bond acceptors (Lipinski definition) is 5. The second-order valence-electron chi connectivity index (χ2n) is 9.05. The molecule has 0 bridgehead atoms. The van der Waals surface area contributed by atoms with Gasteiger partial charge in [-0.2, -0.15) is 0 Å². The minimum absolute atomic E-state index is 0.166. The van der Waals surface area contributed by atoms with Gasteiger partial charge in [-0.05, 0) is 48.8 Å². The van der Waals surface area contributed by atoms with Gasteiger partial charge in [-0.25, -0.2) is 4.79 Å². The molecule has 2 aromatic rings. The third kappa shape index (κ3) is 7.95. The van der Waals surface area contributed by atoms with Crippen LogP contribution in [0.4, 0.5) is 0 Å². The van der Waals surface area contributed by atoms with E-state index in [1.807, 2.05) is 36.4 Å². The van der Waals surface area contributed by atoms with Crippen LogP contribution >= 0.6 is 0 Å². The maximum absolute atomic E-state index is 12.3. The zero-order chi connectivity index (χ0) is 23.5. The number of carbonyl (C=O) groups excluding carboxylic acids is 1. The van der Waals surface area contributed by atoms with Crippen LogP contribution in [0.5, 0.6) is 0 Å². The van der Waals surface area contributed by atoms with Crippen LogP contribution in [0.1, 0.15) is 56.0 Å². The van der Waals surface area contributed by atoms with Gasteiger partial charge in [0.15, 0.2) is 6.29 Å².